The lowest BCUT2D eigenvalue weighted by Crippen LogP contribution is -2.36. The molecule has 1 aliphatic rings. The lowest BCUT2D eigenvalue weighted by molar-refractivity contribution is 0.102. The van der Waals surface area contributed by atoms with Gasteiger partial charge < -0.3 is 20.3 Å². The Hall–Kier alpha value is -4.30. The first-order valence-corrected chi connectivity index (χ1v) is 11.1. The number of ether oxygens (including phenoxy) is 1. The van der Waals surface area contributed by atoms with Crippen LogP contribution in [0.3, 0.4) is 0 Å². The van der Waals surface area contributed by atoms with Crippen LogP contribution in [0.1, 0.15) is 10.5 Å². The van der Waals surface area contributed by atoms with Gasteiger partial charge in [0, 0.05) is 48.1 Å². The molecule has 0 bridgehead atoms. The van der Waals surface area contributed by atoms with Gasteiger partial charge in [0.05, 0.1) is 18.9 Å². The molecule has 34 heavy (non-hydrogen) atoms. The van der Waals surface area contributed by atoms with Gasteiger partial charge in [-0.1, -0.05) is 18.2 Å². The molecule has 8 nitrogen and oxygen atoms in total. The number of amides is 1. The van der Waals surface area contributed by atoms with E-state index in [2.05, 4.69) is 42.6 Å². The summed E-state index contributed by atoms with van der Waals surface area (Å²) in [6.45, 7) is 3.34. The molecule has 0 atom stereocenters. The number of hydrogen-bond acceptors (Lipinski definition) is 7. The zero-order valence-electron chi connectivity index (χ0n) is 18.5. The molecule has 0 unspecified atom stereocenters. The molecule has 1 amide bonds. The predicted octanol–water partition coefficient (Wildman–Crippen LogP) is 4.37. The standard InChI is InChI=1S/C26H24N6O2/c33-25(24-3-1-2-13-27-24)29-20-6-4-19(5-7-20)23-12-14-28-26(31-23)30-21-8-10-22(11-9-21)32-15-17-34-18-16-32/h1-14H,15-18H2,(H,29,33)(H,28,30,31). The van der Waals surface area contributed by atoms with Crippen LogP contribution < -0.4 is 15.5 Å². The molecule has 0 aliphatic carbocycles. The van der Waals surface area contributed by atoms with Crippen molar-refractivity contribution in [1.82, 2.24) is 15.0 Å². The van der Waals surface area contributed by atoms with E-state index in [1.165, 1.54) is 5.69 Å². The summed E-state index contributed by atoms with van der Waals surface area (Å²) in [4.78, 5) is 27.7. The molecule has 1 aliphatic heterocycles. The molecule has 5 rings (SSSR count). The zero-order valence-corrected chi connectivity index (χ0v) is 18.5. The van der Waals surface area contributed by atoms with Crippen LogP contribution in [0.25, 0.3) is 11.3 Å². The number of nitrogens with zero attached hydrogens (tertiary/aromatic N) is 4. The van der Waals surface area contributed by atoms with E-state index < -0.39 is 0 Å². The molecular weight excluding hydrogens is 428 g/mol. The third kappa shape index (κ3) is 5.19. The van der Waals surface area contributed by atoms with Crippen LogP contribution in [-0.4, -0.2) is 47.2 Å². The van der Waals surface area contributed by atoms with E-state index in [0.29, 0.717) is 17.3 Å². The van der Waals surface area contributed by atoms with E-state index in [1.54, 1.807) is 30.6 Å². The van der Waals surface area contributed by atoms with E-state index in [9.17, 15) is 4.79 Å². The second kappa shape index (κ2) is 10.1. The monoisotopic (exact) mass is 452 g/mol. The highest BCUT2D eigenvalue weighted by Gasteiger charge is 2.11. The van der Waals surface area contributed by atoms with Gasteiger partial charge in [-0.2, -0.15) is 0 Å². The van der Waals surface area contributed by atoms with Gasteiger partial charge in [0.15, 0.2) is 0 Å². The number of anilines is 4. The zero-order chi connectivity index (χ0) is 23.2. The van der Waals surface area contributed by atoms with Crippen molar-refractivity contribution in [2.75, 3.05) is 41.8 Å². The smallest absolute Gasteiger partial charge is 0.274 e. The largest absolute Gasteiger partial charge is 0.378 e. The van der Waals surface area contributed by atoms with Gasteiger partial charge in [-0.25, -0.2) is 9.97 Å². The molecule has 4 aromatic rings. The van der Waals surface area contributed by atoms with Crippen LogP contribution >= 0.6 is 0 Å². The van der Waals surface area contributed by atoms with Gasteiger partial charge in [-0.05, 0) is 54.6 Å². The Morgan fingerprint density at radius 3 is 2.32 bits per heavy atom. The van der Waals surface area contributed by atoms with Crippen LogP contribution in [0.5, 0.6) is 0 Å². The summed E-state index contributed by atoms with van der Waals surface area (Å²) < 4.78 is 5.42. The van der Waals surface area contributed by atoms with Crippen LogP contribution in [-0.2, 0) is 4.74 Å². The molecule has 2 aromatic heterocycles. The molecule has 3 heterocycles. The number of carbonyl (C=O) groups is 1. The molecule has 2 N–H and O–H groups in total. The maximum absolute atomic E-state index is 12.3. The maximum atomic E-state index is 12.3. The molecule has 1 saturated heterocycles. The van der Waals surface area contributed by atoms with Gasteiger partial charge in [-0.3, -0.25) is 9.78 Å². The minimum atomic E-state index is -0.249. The Morgan fingerprint density at radius 2 is 1.59 bits per heavy atom. The minimum Gasteiger partial charge on any atom is -0.378 e. The van der Waals surface area contributed by atoms with E-state index in [0.717, 1.165) is 43.2 Å². The van der Waals surface area contributed by atoms with Crippen molar-refractivity contribution in [1.29, 1.82) is 0 Å². The van der Waals surface area contributed by atoms with Crippen LogP contribution in [0, 0.1) is 0 Å². The summed E-state index contributed by atoms with van der Waals surface area (Å²) in [5, 5.41) is 6.12. The van der Waals surface area contributed by atoms with Crippen LogP contribution in [0.2, 0.25) is 0 Å². The van der Waals surface area contributed by atoms with Gasteiger partial charge in [-0.15, -0.1) is 0 Å². The van der Waals surface area contributed by atoms with E-state index in [4.69, 9.17) is 4.74 Å². The molecule has 170 valence electrons. The van der Waals surface area contributed by atoms with Crippen molar-refractivity contribution < 1.29 is 9.53 Å². The molecule has 0 radical (unpaired) electrons. The SMILES string of the molecule is O=C(Nc1ccc(-c2ccnc(Nc3ccc(N4CCOCC4)cc3)n2)cc1)c1ccccn1. The molecule has 8 heteroatoms. The van der Waals surface area contributed by atoms with Crippen molar-refractivity contribution in [3.05, 3.63) is 90.9 Å². The molecule has 0 saturated carbocycles. The van der Waals surface area contributed by atoms with Crippen LogP contribution in [0.15, 0.2) is 85.2 Å². The average Bonchev–Trinajstić information content (AvgIpc) is 2.91. The topological polar surface area (TPSA) is 92.3 Å². The quantitative estimate of drug-likeness (QED) is 0.449. The number of carbonyl (C=O) groups excluding carboxylic acids is 1. The summed E-state index contributed by atoms with van der Waals surface area (Å²) in [5.74, 6) is 0.269. The number of pyridine rings is 1. The van der Waals surface area contributed by atoms with Gasteiger partial charge in [0.25, 0.3) is 5.91 Å². The van der Waals surface area contributed by atoms with Crippen molar-refractivity contribution >= 4 is 28.9 Å². The Morgan fingerprint density at radius 1 is 0.824 bits per heavy atom. The number of morpholine rings is 1. The number of rotatable bonds is 6. The highest BCUT2D eigenvalue weighted by atomic mass is 16.5. The summed E-state index contributed by atoms with van der Waals surface area (Å²) in [6.07, 6.45) is 3.32. The Bertz CT molecular complexity index is 1240. The normalized spacial score (nSPS) is 13.4. The van der Waals surface area contributed by atoms with E-state index in [-0.39, 0.29) is 5.91 Å². The van der Waals surface area contributed by atoms with E-state index in [1.807, 2.05) is 42.5 Å². The van der Waals surface area contributed by atoms with E-state index >= 15 is 0 Å². The minimum absolute atomic E-state index is 0.249. The van der Waals surface area contributed by atoms with Gasteiger partial charge in [0.1, 0.15) is 5.69 Å². The average molecular weight is 453 g/mol. The Labute approximate surface area is 197 Å². The number of aromatic nitrogens is 3. The first-order valence-electron chi connectivity index (χ1n) is 11.1. The second-order valence-corrected chi connectivity index (χ2v) is 7.78. The number of benzene rings is 2. The molecule has 2 aromatic carbocycles. The third-order valence-corrected chi connectivity index (χ3v) is 5.49. The lowest BCUT2D eigenvalue weighted by Gasteiger charge is -2.28. The van der Waals surface area contributed by atoms with Crippen molar-refractivity contribution in [2.45, 2.75) is 0 Å². The van der Waals surface area contributed by atoms with Gasteiger partial charge >= 0.3 is 0 Å². The lowest BCUT2D eigenvalue weighted by atomic mass is 10.1. The fourth-order valence-corrected chi connectivity index (χ4v) is 3.70. The first kappa shape index (κ1) is 21.5. The van der Waals surface area contributed by atoms with Crippen molar-refractivity contribution in [3.63, 3.8) is 0 Å². The first-order chi connectivity index (χ1) is 16.7. The number of hydrogen-bond donors (Lipinski definition) is 2. The van der Waals surface area contributed by atoms with Crippen molar-refractivity contribution in [2.24, 2.45) is 0 Å². The highest BCUT2D eigenvalue weighted by Crippen LogP contribution is 2.23. The Balaban J connectivity index is 1.24. The highest BCUT2D eigenvalue weighted by molar-refractivity contribution is 6.02. The molecule has 0 spiro atoms. The summed E-state index contributed by atoms with van der Waals surface area (Å²) in [7, 11) is 0. The summed E-state index contributed by atoms with van der Waals surface area (Å²) in [5.41, 5.74) is 4.86. The predicted molar refractivity (Wildman–Crippen MR) is 132 cm³/mol. The summed E-state index contributed by atoms with van der Waals surface area (Å²) >= 11 is 0. The van der Waals surface area contributed by atoms with Crippen LogP contribution in [0.4, 0.5) is 23.0 Å². The number of nitrogens with one attached hydrogen (secondary N) is 2. The Kier molecular flexibility index (Phi) is 6.40. The van der Waals surface area contributed by atoms with Crippen molar-refractivity contribution in [3.8, 4) is 11.3 Å². The maximum Gasteiger partial charge on any atom is 0.274 e. The second-order valence-electron chi connectivity index (χ2n) is 7.78. The fraction of sp³-hybridized carbons (Fsp3) is 0.154. The fourth-order valence-electron chi connectivity index (χ4n) is 3.70. The molecule has 1 fully saturated rings. The van der Waals surface area contributed by atoms with Gasteiger partial charge in [0.2, 0.25) is 5.95 Å². The summed E-state index contributed by atoms with van der Waals surface area (Å²) in [6, 6.07) is 22.8. The third-order valence-electron chi connectivity index (χ3n) is 5.49. The molecular formula is C26H24N6O2.